The molecule has 0 aliphatic carbocycles. The number of rotatable bonds is 9. The van der Waals surface area contributed by atoms with Crippen molar-refractivity contribution in [2.24, 2.45) is 0 Å². The molecule has 0 heterocycles. The van der Waals surface area contributed by atoms with Crippen molar-refractivity contribution in [3.63, 3.8) is 0 Å². The Bertz CT molecular complexity index is 979. The first-order valence-corrected chi connectivity index (χ1v) is 22.1. The second-order valence-corrected chi connectivity index (χ2v) is 32.5. The number of amides is 2. The van der Waals surface area contributed by atoms with Gasteiger partial charge >= 0.3 is 203 Å². The molecule has 0 aromatic heterocycles. The average Bonchev–Trinajstić information content (AvgIpc) is 2.87. The molecular formula is C26H27N2O2S2Sb. The van der Waals surface area contributed by atoms with Crippen LogP contribution in [-0.2, 0) is 0 Å². The molecule has 0 bridgehead atoms. The van der Waals surface area contributed by atoms with Crippen LogP contribution in [0.5, 0.6) is 0 Å². The molecule has 0 spiro atoms. The summed E-state index contributed by atoms with van der Waals surface area (Å²) in [7, 11) is 2.56. The van der Waals surface area contributed by atoms with Crippen molar-refractivity contribution in [1.82, 2.24) is 10.6 Å². The van der Waals surface area contributed by atoms with Crippen LogP contribution in [0.15, 0.2) is 116 Å². The van der Waals surface area contributed by atoms with Gasteiger partial charge in [-0.25, -0.2) is 0 Å². The van der Waals surface area contributed by atoms with E-state index in [2.05, 4.69) is 23.8 Å². The molecule has 2 amide bonds. The first kappa shape index (κ1) is 25.2. The molecule has 7 heteroatoms. The van der Waals surface area contributed by atoms with E-state index in [0.717, 1.165) is 10.5 Å². The zero-order chi connectivity index (χ0) is 23.6. The van der Waals surface area contributed by atoms with Crippen molar-refractivity contribution < 1.29 is 9.59 Å². The molecule has 3 aromatic carbocycles. The average molecular weight is 585 g/mol. The van der Waals surface area contributed by atoms with Crippen molar-refractivity contribution >= 4 is 53.3 Å². The summed E-state index contributed by atoms with van der Waals surface area (Å²) in [5.41, 5.74) is 0. The van der Waals surface area contributed by atoms with Gasteiger partial charge in [-0.3, -0.25) is 0 Å². The third kappa shape index (κ3) is 5.24. The van der Waals surface area contributed by atoms with Crippen molar-refractivity contribution in [1.29, 1.82) is 0 Å². The predicted octanol–water partition coefficient (Wildman–Crippen LogP) is 4.36. The molecule has 4 nitrogen and oxygen atoms in total. The molecule has 0 aliphatic heterocycles. The Morgan fingerprint density at radius 3 is 1.21 bits per heavy atom. The Kier molecular flexibility index (Phi) is 8.90. The van der Waals surface area contributed by atoms with E-state index >= 15 is 0 Å². The van der Waals surface area contributed by atoms with Gasteiger partial charge in [-0.2, -0.15) is 0 Å². The SMILES string of the molecule is C=CCNC(=O)[S][Sb]([S]C(=O)NCC=C)([c]1ccccc1)([c]1ccccc1)[c]1ccccc1. The molecule has 0 radical (unpaired) electrons. The van der Waals surface area contributed by atoms with Gasteiger partial charge in [0.2, 0.25) is 0 Å². The van der Waals surface area contributed by atoms with Gasteiger partial charge in [-0.1, -0.05) is 0 Å². The van der Waals surface area contributed by atoms with Crippen molar-refractivity contribution in [3.05, 3.63) is 116 Å². The topological polar surface area (TPSA) is 58.2 Å². The van der Waals surface area contributed by atoms with E-state index in [1.54, 1.807) is 12.2 Å². The Hall–Kier alpha value is -2.40. The predicted molar refractivity (Wildman–Crippen MR) is 146 cm³/mol. The van der Waals surface area contributed by atoms with E-state index in [-0.39, 0.29) is 10.5 Å². The van der Waals surface area contributed by atoms with E-state index in [0.29, 0.717) is 13.1 Å². The summed E-state index contributed by atoms with van der Waals surface area (Å²) < 4.78 is 3.00. The monoisotopic (exact) mass is 584 g/mol. The standard InChI is InChI=1S/3C6H5.2C4H7NOS.Sb/c3*1-2-4-6-5-3-1;2*1-2-3-5-4(6)7;/h3*1-5H;2*2H,1,3H2,(H2,5,6,7);/q;;;;;+2/p-2. The third-order valence-corrected chi connectivity index (χ3v) is 37.2. The van der Waals surface area contributed by atoms with Gasteiger partial charge in [0.15, 0.2) is 0 Å². The van der Waals surface area contributed by atoms with Crippen molar-refractivity contribution in [2.45, 2.75) is 0 Å². The Morgan fingerprint density at radius 1 is 0.636 bits per heavy atom. The summed E-state index contributed by atoms with van der Waals surface area (Å²) in [6.45, 7) is 8.13. The number of carbonyl (C=O) groups is 2. The van der Waals surface area contributed by atoms with Crippen LogP contribution in [0.25, 0.3) is 0 Å². The van der Waals surface area contributed by atoms with Gasteiger partial charge in [0.05, 0.1) is 0 Å². The van der Waals surface area contributed by atoms with Crippen molar-refractivity contribution in [2.75, 3.05) is 13.1 Å². The molecule has 0 saturated heterocycles. The van der Waals surface area contributed by atoms with E-state index < -0.39 is 14.6 Å². The van der Waals surface area contributed by atoms with Crippen LogP contribution in [0.1, 0.15) is 0 Å². The van der Waals surface area contributed by atoms with Gasteiger partial charge in [0.25, 0.3) is 0 Å². The number of hydrogen-bond donors (Lipinski definition) is 2. The zero-order valence-electron chi connectivity index (χ0n) is 18.2. The van der Waals surface area contributed by atoms with Crippen LogP contribution in [0.3, 0.4) is 0 Å². The molecule has 0 saturated carbocycles. The van der Waals surface area contributed by atoms with Crippen LogP contribution in [0.4, 0.5) is 9.59 Å². The van der Waals surface area contributed by atoms with E-state index in [4.69, 9.17) is 0 Å². The minimum atomic E-state index is -4.94. The Morgan fingerprint density at radius 2 is 0.939 bits per heavy atom. The van der Waals surface area contributed by atoms with E-state index in [9.17, 15) is 9.59 Å². The second-order valence-electron chi connectivity index (χ2n) is 7.06. The fourth-order valence-electron chi connectivity index (χ4n) is 3.57. The summed E-state index contributed by atoms with van der Waals surface area (Å²) in [5.74, 6) is 0. The van der Waals surface area contributed by atoms with E-state index in [1.165, 1.54) is 17.7 Å². The van der Waals surface area contributed by atoms with Crippen LogP contribution in [0, 0.1) is 0 Å². The molecule has 0 atom stereocenters. The molecule has 3 aromatic rings. The summed E-state index contributed by atoms with van der Waals surface area (Å²) in [6.07, 6.45) is 3.30. The summed E-state index contributed by atoms with van der Waals surface area (Å²) in [5, 5.41) is 5.50. The quantitative estimate of drug-likeness (QED) is 0.290. The minimum absolute atomic E-state index is 0.183. The molecule has 3 rings (SSSR count). The maximum atomic E-state index is 13.4. The number of carbonyl (C=O) groups excluding carboxylic acids is 2. The molecule has 0 aliphatic rings. The van der Waals surface area contributed by atoms with Crippen LogP contribution in [-0.4, -0.2) is 38.2 Å². The van der Waals surface area contributed by atoms with Gasteiger partial charge in [0, 0.05) is 0 Å². The number of hydrogen-bond acceptors (Lipinski definition) is 4. The molecular weight excluding hydrogens is 558 g/mol. The Balaban J connectivity index is 2.42. The third-order valence-electron chi connectivity index (χ3n) is 4.97. The normalized spacial score (nSPS) is 12.1. The molecule has 170 valence electrons. The zero-order valence-corrected chi connectivity index (χ0v) is 22.4. The van der Waals surface area contributed by atoms with Gasteiger partial charge < -0.3 is 0 Å². The first-order chi connectivity index (χ1) is 16.1. The molecule has 33 heavy (non-hydrogen) atoms. The van der Waals surface area contributed by atoms with E-state index in [1.807, 2.05) is 91.0 Å². The molecule has 0 fully saturated rings. The summed E-state index contributed by atoms with van der Waals surface area (Å²) in [6, 6.07) is 29.9. The van der Waals surface area contributed by atoms with Crippen LogP contribution >= 0.6 is 17.7 Å². The summed E-state index contributed by atoms with van der Waals surface area (Å²) in [4.78, 5) is 26.9. The first-order valence-electron chi connectivity index (χ1n) is 10.4. The second kappa shape index (κ2) is 11.6. The van der Waals surface area contributed by atoms with Gasteiger partial charge in [-0.15, -0.1) is 0 Å². The molecule has 2 N–H and O–H groups in total. The van der Waals surface area contributed by atoms with Gasteiger partial charge in [0.1, 0.15) is 0 Å². The maximum absolute atomic E-state index is 13.4. The van der Waals surface area contributed by atoms with Crippen LogP contribution < -0.4 is 21.2 Å². The Labute approximate surface area is 201 Å². The summed E-state index contributed by atoms with van der Waals surface area (Å²) >= 11 is -4.94. The van der Waals surface area contributed by atoms with Crippen molar-refractivity contribution in [3.8, 4) is 0 Å². The molecule has 0 unspecified atom stereocenters. The fourth-order valence-corrected chi connectivity index (χ4v) is 34.5. The van der Waals surface area contributed by atoms with Gasteiger partial charge in [-0.05, 0) is 0 Å². The number of nitrogens with one attached hydrogen (secondary N) is 2. The number of benzene rings is 3. The fraction of sp³-hybridized carbons (Fsp3) is 0.0769. The van der Waals surface area contributed by atoms with Crippen LogP contribution in [0.2, 0.25) is 0 Å².